The van der Waals surface area contributed by atoms with E-state index in [4.69, 9.17) is 5.73 Å². The fourth-order valence-electron chi connectivity index (χ4n) is 4.45. The van der Waals surface area contributed by atoms with Crippen LogP contribution in [0.2, 0.25) is 0 Å². The summed E-state index contributed by atoms with van der Waals surface area (Å²) in [6.45, 7) is -1.12. The van der Waals surface area contributed by atoms with Crippen LogP contribution in [0.4, 0.5) is 9.52 Å². The first-order valence-corrected chi connectivity index (χ1v) is 14.0. The van der Waals surface area contributed by atoms with Crippen molar-refractivity contribution in [1.29, 1.82) is 0 Å². The van der Waals surface area contributed by atoms with E-state index in [1.807, 2.05) is 0 Å². The van der Waals surface area contributed by atoms with Gasteiger partial charge >= 0.3 is 11.6 Å². The van der Waals surface area contributed by atoms with Gasteiger partial charge in [0.2, 0.25) is 23.8 Å². The van der Waals surface area contributed by atoms with Crippen LogP contribution in [0.25, 0.3) is 11.2 Å². The second-order valence-electron chi connectivity index (χ2n) is 9.26. The number of imidazole rings is 1. The molecule has 5 rings (SSSR count). The molecule has 1 fully saturated rings. The number of likely N-dealkylation sites (N-methyl/N-ethyl adjacent to an activating group) is 1. The molecule has 0 spiro atoms. The third kappa shape index (κ3) is 5.34. The number of hydrogen-bond acceptors (Lipinski definition) is 12. The molecular weight excluding hydrogens is 595 g/mol. The van der Waals surface area contributed by atoms with Gasteiger partial charge in [-0.25, -0.2) is 13.8 Å². The molecule has 0 bridgehead atoms. The number of nitrogens with one attached hydrogen (secondary N) is 1. The lowest BCUT2D eigenvalue weighted by Crippen LogP contribution is -2.71. The van der Waals surface area contributed by atoms with Crippen LogP contribution in [0.15, 0.2) is 41.1 Å². The molecule has 2 unspecified atom stereocenters. The summed E-state index contributed by atoms with van der Waals surface area (Å²) in [5.41, 5.74) is 6.56. The third-order valence-electron chi connectivity index (χ3n) is 6.43. The Morgan fingerprint density at radius 1 is 1.38 bits per heavy atom. The summed E-state index contributed by atoms with van der Waals surface area (Å²) < 4.78 is 19.9. The van der Waals surface area contributed by atoms with Crippen LogP contribution < -0.4 is 15.6 Å². The van der Waals surface area contributed by atoms with Crippen LogP contribution in [0.3, 0.4) is 0 Å². The number of carbonyl (C=O) groups excluding carboxylic acids is 3. The van der Waals surface area contributed by atoms with Crippen molar-refractivity contribution >= 4 is 69.0 Å². The number of rotatable bonds is 10. The number of carboxylic acids is 1. The van der Waals surface area contributed by atoms with Crippen molar-refractivity contribution in [3.05, 3.63) is 41.8 Å². The lowest BCUT2D eigenvalue weighted by Gasteiger charge is -2.49. The van der Waals surface area contributed by atoms with Crippen molar-refractivity contribution in [2.45, 2.75) is 24.5 Å². The maximum Gasteiger partial charge on any atom is 0.352 e. The minimum absolute atomic E-state index is 0.0330. The lowest BCUT2D eigenvalue weighted by atomic mass is 10.0. The Labute approximate surface area is 244 Å². The molecule has 42 heavy (non-hydrogen) atoms. The molecule has 2 aliphatic rings. The van der Waals surface area contributed by atoms with Gasteiger partial charge in [-0.3, -0.25) is 23.9 Å². The Bertz CT molecular complexity index is 1650. The summed E-state index contributed by atoms with van der Waals surface area (Å²) in [6.07, 6.45) is 3.27. The average Bonchev–Trinajstić information content (AvgIpc) is 3.58. The third-order valence-corrected chi connectivity index (χ3v) is 8.31. The number of nitrogens with zero attached hydrogens (tertiary/aromatic N) is 8. The number of alkyl halides is 1. The topological polar surface area (TPSA) is 202 Å². The molecule has 0 saturated carbocycles. The first kappa shape index (κ1) is 28.9. The monoisotopic (exact) mass is 619 g/mol. The molecule has 5 heterocycles. The van der Waals surface area contributed by atoms with Crippen LogP contribution in [0, 0.1) is 0 Å². The number of aliphatic carboxylic acids is 1. The Morgan fingerprint density at radius 3 is 2.83 bits per heavy atom. The van der Waals surface area contributed by atoms with Gasteiger partial charge in [-0.2, -0.15) is 9.36 Å². The van der Waals surface area contributed by atoms with Gasteiger partial charge in [0.25, 0.3) is 18.7 Å². The molecule has 0 aromatic carbocycles. The van der Waals surface area contributed by atoms with Gasteiger partial charge in [0, 0.05) is 37.0 Å². The second-order valence-corrected chi connectivity index (χ2v) is 11.1. The van der Waals surface area contributed by atoms with Crippen LogP contribution in [0.5, 0.6) is 0 Å². The number of pyridine rings is 1. The van der Waals surface area contributed by atoms with E-state index < -0.39 is 41.8 Å². The van der Waals surface area contributed by atoms with Crippen molar-refractivity contribution in [2.75, 3.05) is 32.4 Å². The quantitative estimate of drug-likeness (QED) is 0.108. The van der Waals surface area contributed by atoms with Crippen molar-refractivity contribution in [2.24, 2.45) is 5.16 Å². The summed E-state index contributed by atoms with van der Waals surface area (Å²) in [5, 5.41) is 15.3. The first-order chi connectivity index (χ1) is 20.1. The summed E-state index contributed by atoms with van der Waals surface area (Å²) in [7, 11) is 3.31. The van der Waals surface area contributed by atoms with Crippen LogP contribution in [-0.2, 0) is 37.1 Å². The van der Waals surface area contributed by atoms with E-state index in [1.54, 1.807) is 47.9 Å². The van der Waals surface area contributed by atoms with Gasteiger partial charge in [0.15, 0.2) is 5.13 Å². The molecule has 4 N–H and O–H groups in total. The molecule has 3 aromatic heterocycles. The molecule has 2 atom stereocenters. The number of thioether (sulfide) groups is 1. The molecular formula is C23H24FN10O6S2+. The molecule has 19 heteroatoms. The zero-order chi connectivity index (χ0) is 30.1. The van der Waals surface area contributed by atoms with E-state index in [1.165, 1.54) is 16.7 Å². The molecule has 1 saturated heterocycles. The first-order valence-electron chi connectivity index (χ1n) is 12.2. The highest BCUT2D eigenvalue weighted by atomic mass is 32.2. The number of amides is 3. The predicted octanol–water partition coefficient (Wildman–Crippen LogP) is -1.07. The normalized spacial score (nSPS) is 18.5. The molecule has 16 nitrogen and oxygen atoms in total. The highest BCUT2D eigenvalue weighted by Crippen LogP contribution is 2.40. The van der Waals surface area contributed by atoms with Gasteiger partial charge in [-0.05, 0) is 17.1 Å². The SMILES string of the molecule is CN(C)C(=O)Cn1cnc2c1ccc[n+]2CC1=C(C(=O)O)N2C(=O)C(NC(=O)C(=NOCF)c3nsc(N)n3)C2SC1. The molecule has 220 valence electrons. The number of anilines is 1. The van der Waals surface area contributed by atoms with E-state index >= 15 is 0 Å². The van der Waals surface area contributed by atoms with E-state index in [0.717, 1.165) is 16.4 Å². The number of nitrogens with two attached hydrogens (primary N) is 1. The van der Waals surface area contributed by atoms with Crippen LogP contribution in [0.1, 0.15) is 5.82 Å². The predicted molar refractivity (Wildman–Crippen MR) is 146 cm³/mol. The number of aromatic nitrogens is 5. The standard InChI is InChI=1S/C23H23FN10O6S2/c1-31(2)13(35)7-33-10-26-18-12(33)4-3-5-32(18)6-11-8-41-21-15(20(37)34(21)16(11)22(38)39)27-19(36)14(29-40-9-24)17-28-23(25)42-30-17/h3-5,10,15,21H,6-9H2,1-2H3,(H3-,25,27,28,30,36,38,39)/p+1. The number of carboxylic acid groups (broad SMARTS) is 1. The zero-order valence-electron chi connectivity index (χ0n) is 22.1. The van der Waals surface area contributed by atoms with Gasteiger partial charge in [-0.1, -0.05) is 5.16 Å². The van der Waals surface area contributed by atoms with Gasteiger partial charge < -0.3 is 25.9 Å². The Morgan fingerprint density at radius 2 is 2.17 bits per heavy atom. The molecule has 3 amide bonds. The Balaban J connectivity index is 1.37. The van der Waals surface area contributed by atoms with E-state index in [2.05, 4.69) is 29.7 Å². The fraction of sp³-hybridized carbons (Fsp3) is 0.348. The van der Waals surface area contributed by atoms with Gasteiger partial charge in [0.05, 0.1) is 6.20 Å². The van der Waals surface area contributed by atoms with Gasteiger partial charge in [-0.15, -0.1) is 11.8 Å². The maximum atomic E-state index is 13.2. The van der Waals surface area contributed by atoms with E-state index in [9.17, 15) is 28.7 Å². The second kappa shape index (κ2) is 11.7. The summed E-state index contributed by atoms with van der Waals surface area (Å²) in [4.78, 5) is 65.9. The Hall–Kier alpha value is -4.65. The number of halogens is 1. The van der Waals surface area contributed by atoms with Crippen molar-refractivity contribution in [1.82, 2.24) is 34.0 Å². The summed E-state index contributed by atoms with van der Waals surface area (Å²) >= 11 is 2.05. The van der Waals surface area contributed by atoms with Crippen LogP contribution in [-0.4, -0.2) is 101 Å². The number of carbonyl (C=O) groups is 4. The van der Waals surface area contributed by atoms with E-state index in [-0.39, 0.29) is 41.4 Å². The minimum atomic E-state index is -1.32. The average molecular weight is 620 g/mol. The number of oxime groups is 1. The fourth-order valence-corrected chi connectivity index (χ4v) is 6.22. The maximum absolute atomic E-state index is 13.2. The van der Waals surface area contributed by atoms with Crippen molar-refractivity contribution in [3.63, 3.8) is 0 Å². The van der Waals surface area contributed by atoms with Gasteiger partial charge in [0.1, 0.15) is 35.7 Å². The van der Waals surface area contributed by atoms with E-state index in [0.29, 0.717) is 16.7 Å². The molecule has 3 aromatic rings. The number of β-lactam (4-membered cyclic amide) rings is 1. The van der Waals surface area contributed by atoms with Crippen LogP contribution >= 0.6 is 23.3 Å². The highest BCUT2D eigenvalue weighted by Gasteiger charge is 2.54. The number of hydrogen-bond donors (Lipinski definition) is 3. The van der Waals surface area contributed by atoms with Crippen molar-refractivity contribution < 1.29 is 38.1 Å². The minimum Gasteiger partial charge on any atom is -0.477 e. The lowest BCUT2D eigenvalue weighted by molar-refractivity contribution is -0.664. The molecule has 2 aliphatic heterocycles. The summed E-state index contributed by atoms with van der Waals surface area (Å²) in [5.74, 6) is -2.96. The largest absolute Gasteiger partial charge is 0.477 e. The summed E-state index contributed by atoms with van der Waals surface area (Å²) in [6, 6.07) is 2.47. The van der Waals surface area contributed by atoms with Crippen molar-refractivity contribution in [3.8, 4) is 0 Å². The molecule has 0 radical (unpaired) electrons. The zero-order valence-corrected chi connectivity index (χ0v) is 23.8. The Kier molecular flexibility index (Phi) is 8.03. The number of fused-ring (bicyclic) bond motifs is 2. The highest BCUT2D eigenvalue weighted by molar-refractivity contribution is 8.00. The number of nitrogen functional groups attached to an aromatic ring is 1. The molecule has 0 aliphatic carbocycles. The smallest absolute Gasteiger partial charge is 0.352 e.